The molecule has 0 saturated carbocycles. The van der Waals surface area contributed by atoms with E-state index in [-0.39, 0.29) is 0 Å². The average Bonchev–Trinajstić information content (AvgIpc) is 2.73. The Hall–Kier alpha value is -1.49. The van der Waals surface area contributed by atoms with Gasteiger partial charge in [-0.1, -0.05) is 0 Å². The van der Waals surface area contributed by atoms with Gasteiger partial charge in [-0.3, -0.25) is 4.68 Å². The number of anilines is 1. The summed E-state index contributed by atoms with van der Waals surface area (Å²) in [7, 11) is 1.68. The van der Waals surface area contributed by atoms with Gasteiger partial charge in [0.1, 0.15) is 5.75 Å². The van der Waals surface area contributed by atoms with E-state index in [9.17, 15) is 0 Å². The molecule has 2 aromatic rings. The lowest BCUT2D eigenvalue weighted by molar-refractivity contribution is 0.414. The van der Waals surface area contributed by atoms with E-state index in [1.165, 1.54) is 11.3 Å². The Kier molecular flexibility index (Phi) is 4.70. The van der Waals surface area contributed by atoms with Crippen molar-refractivity contribution in [2.24, 2.45) is 0 Å². The van der Waals surface area contributed by atoms with Crippen LogP contribution in [0.5, 0.6) is 5.75 Å². The molecule has 0 radical (unpaired) electrons. The minimum atomic E-state index is 0.739. The van der Waals surface area contributed by atoms with Crippen LogP contribution in [0.3, 0.4) is 0 Å². The Morgan fingerprint density at radius 2 is 2.10 bits per heavy atom. The second-order valence-corrected chi connectivity index (χ2v) is 5.49. The van der Waals surface area contributed by atoms with Gasteiger partial charge in [0.25, 0.3) is 0 Å². The first-order valence-corrected chi connectivity index (χ1v) is 7.46. The highest BCUT2D eigenvalue weighted by Gasteiger charge is 2.12. The zero-order chi connectivity index (χ0) is 14.7. The van der Waals surface area contributed by atoms with Crippen LogP contribution >= 0.6 is 15.9 Å². The number of nitrogens with zero attached hydrogens (tertiary/aromatic N) is 2. The molecule has 1 aromatic heterocycles. The normalized spacial score (nSPS) is 10.7. The fraction of sp³-hybridized carbons (Fsp3) is 0.400. The maximum atomic E-state index is 5.22. The predicted molar refractivity (Wildman–Crippen MR) is 85.4 cm³/mol. The molecule has 1 N–H and O–H groups in total. The fourth-order valence-corrected chi connectivity index (χ4v) is 2.60. The van der Waals surface area contributed by atoms with Crippen LogP contribution < -0.4 is 10.1 Å². The van der Waals surface area contributed by atoms with Crippen LogP contribution in [0.15, 0.2) is 22.7 Å². The topological polar surface area (TPSA) is 39.1 Å². The molecule has 0 fully saturated rings. The number of rotatable bonds is 5. The first-order chi connectivity index (χ1) is 9.56. The van der Waals surface area contributed by atoms with Crippen molar-refractivity contribution in [2.75, 3.05) is 12.4 Å². The van der Waals surface area contributed by atoms with Crippen molar-refractivity contribution >= 4 is 21.6 Å². The highest BCUT2D eigenvalue weighted by Crippen LogP contribution is 2.25. The Morgan fingerprint density at radius 3 is 2.70 bits per heavy atom. The second-order valence-electron chi connectivity index (χ2n) is 4.70. The Bertz CT molecular complexity index is 607. The first kappa shape index (κ1) is 14.9. The minimum absolute atomic E-state index is 0.739. The van der Waals surface area contributed by atoms with Gasteiger partial charge < -0.3 is 10.1 Å². The van der Waals surface area contributed by atoms with Crippen LogP contribution in [-0.2, 0) is 13.1 Å². The summed E-state index contributed by atoms with van der Waals surface area (Å²) in [6.45, 7) is 7.79. The van der Waals surface area contributed by atoms with E-state index < -0.39 is 0 Å². The van der Waals surface area contributed by atoms with E-state index in [1.54, 1.807) is 7.11 Å². The van der Waals surface area contributed by atoms with Crippen molar-refractivity contribution in [3.63, 3.8) is 0 Å². The molecule has 0 atom stereocenters. The third kappa shape index (κ3) is 2.98. The van der Waals surface area contributed by atoms with Gasteiger partial charge in [0, 0.05) is 12.2 Å². The van der Waals surface area contributed by atoms with E-state index in [2.05, 4.69) is 40.2 Å². The van der Waals surface area contributed by atoms with Crippen LogP contribution in [0.4, 0.5) is 5.69 Å². The van der Waals surface area contributed by atoms with Crippen LogP contribution in [0, 0.1) is 13.8 Å². The molecule has 0 aliphatic rings. The summed E-state index contributed by atoms with van der Waals surface area (Å²) >= 11 is 3.61. The van der Waals surface area contributed by atoms with Gasteiger partial charge in [-0.05, 0) is 60.5 Å². The molecule has 1 heterocycles. The molecule has 1 aromatic carbocycles. The number of hydrogen-bond acceptors (Lipinski definition) is 3. The maximum absolute atomic E-state index is 5.22. The lowest BCUT2D eigenvalue weighted by Crippen LogP contribution is -2.09. The molecule has 108 valence electrons. The van der Waals surface area contributed by atoms with Gasteiger partial charge >= 0.3 is 0 Å². The number of benzene rings is 1. The van der Waals surface area contributed by atoms with Crippen molar-refractivity contribution in [3.05, 3.63) is 39.6 Å². The molecule has 0 spiro atoms. The lowest BCUT2D eigenvalue weighted by atomic mass is 10.2. The van der Waals surface area contributed by atoms with Crippen molar-refractivity contribution in [1.82, 2.24) is 9.78 Å². The minimum Gasteiger partial charge on any atom is -0.497 e. The van der Waals surface area contributed by atoms with Crippen molar-refractivity contribution < 1.29 is 4.74 Å². The van der Waals surface area contributed by atoms with E-state index >= 15 is 0 Å². The van der Waals surface area contributed by atoms with Gasteiger partial charge in [0.15, 0.2) is 0 Å². The second kappa shape index (κ2) is 6.31. The predicted octanol–water partition coefficient (Wildman–Crippen LogP) is 3.90. The SMILES string of the molecule is CCn1nc(C)c(Br)c1CNc1ccc(OC)cc1C. The molecule has 5 heteroatoms. The molecule has 0 bridgehead atoms. The number of hydrogen-bond donors (Lipinski definition) is 1. The number of nitrogens with one attached hydrogen (secondary N) is 1. The Balaban J connectivity index is 2.17. The van der Waals surface area contributed by atoms with Gasteiger partial charge in [0.05, 0.1) is 29.5 Å². The Labute approximate surface area is 128 Å². The summed E-state index contributed by atoms with van der Waals surface area (Å²) < 4.78 is 8.32. The monoisotopic (exact) mass is 337 g/mol. The number of methoxy groups -OCH3 is 1. The maximum Gasteiger partial charge on any atom is 0.119 e. The van der Waals surface area contributed by atoms with E-state index in [0.29, 0.717) is 0 Å². The summed E-state index contributed by atoms with van der Waals surface area (Å²) in [5, 5.41) is 7.96. The van der Waals surface area contributed by atoms with E-state index in [1.807, 2.05) is 29.8 Å². The average molecular weight is 338 g/mol. The molecule has 0 saturated heterocycles. The summed E-state index contributed by atoms with van der Waals surface area (Å²) in [5.41, 5.74) is 4.47. The molecular weight excluding hydrogens is 318 g/mol. The molecule has 20 heavy (non-hydrogen) atoms. The number of aryl methyl sites for hydroxylation is 3. The third-order valence-corrected chi connectivity index (χ3v) is 4.36. The third-order valence-electron chi connectivity index (χ3n) is 3.33. The zero-order valence-corrected chi connectivity index (χ0v) is 13.9. The largest absolute Gasteiger partial charge is 0.497 e. The highest BCUT2D eigenvalue weighted by atomic mass is 79.9. The molecule has 4 nitrogen and oxygen atoms in total. The van der Waals surface area contributed by atoms with Crippen LogP contribution in [-0.4, -0.2) is 16.9 Å². The number of aromatic nitrogens is 2. The quantitative estimate of drug-likeness (QED) is 0.899. The fourth-order valence-electron chi connectivity index (χ4n) is 2.18. The van der Waals surface area contributed by atoms with Crippen LogP contribution in [0.2, 0.25) is 0 Å². The zero-order valence-electron chi connectivity index (χ0n) is 12.3. The van der Waals surface area contributed by atoms with Crippen LogP contribution in [0.1, 0.15) is 23.9 Å². The summed E-state index contributed by atoms with van der Waals surface area (Å²) in [4.78, 5) is 0. The van der Waals surface area contributed by atoms with Gasteiger partial charge in [-0.2, -0.15) is 5.10 Å². The van der Waals surface area contributed by atoms with E-state index in [0.717, 1.165) is 34.7 Å². The van der Waals surface area contributed by atoms with Crippen molar-refractivity contribution in [3.8, 4) is 5.75 Å². The summed E-state index contributed by atoms with van der Waals surface area (Å²) in [6, 6.07) is 6.04. The van der Waals surface area contributed by atoms with Gasteiger partial charge in [0.2, 0.25) is 0 Å². The Morgan fingerprint density at radius 1 is 1.35 bits per heavy atom. The first-order valence-electron chi connectivity index (χ1n) is 6.67. The van der Waals surface area contributed by atoms with Gasteiger partial charge in [-0.25, -0.2) is 0 Å². The van der Waals surface area contributed by atoms with Crippen molar-refractivity contribution in [2.45, 2.75) is 33.9 Å². The molecular formula is C15H20BrN3O. The number of ether oxygens (including phenoxy) is 1. The number of halogens is 1. The highest BCUT2D eigenvalue weighted by molar-refractivity contribution is 9.10. The summed E-state index contributed by atoms with van der Waals surface area (Å²) in [5.74, 6) is 0.878. The molecule has 0 amide bonds. The van der Waals surface area contributed by atoms with E-state index in [4.69, 9.17) is 4.74 Å². The van der Waals surface area contributed by atoms with Crippen molar-refractivity contribution in [1.29, 1.82) is 0 Å². The molecule has 0 aliphatic carbocycles. The molecule has 2 rings (SSSR count). The smallest absolute Gasteiger partial charge is 0.119 e. The van der Waals surface area contributed by atoms with Gasteiger partial charge in [-0.15, -0.1) is 0 Å². The molecule has 0 unspecified atom stereocenters. The lowest BCUT2D eigenvalue weighted by Gasteiger charge is -2.12. The molecule has 0 aliphatic heterocycles. The standard InChI is InChI=1S/C15H20BrN3O/c1-5-19-14(15(16)11(3)18-19)9-17-13-7-6-12(20-4)8-10(13)2/h6-8,17H,5,9H2,1-4H3. The summed E-state index contributed by atoms with van der Waals surface area (Å²) in [6.07, 6.45) is 0. The van der Waals surface area contributed by atoms with Crippen LogP contribution in [0.25, 0.3) is 0 Å².